The van der Waals surface area contributed by atoms with E-state index in [1.807, 2.05) is 0 Å². The number of nitrogens with zero attached hydrogens (tertiary/aromatic N) is 1. The Bertz CT molecular complexity index is 168. The molecule has 2 atom stereocenters. The van der Waals surface area contributed by atoms with Gasteiger partial charge in [0.25, 0.3) is 0 Å². The Morgan fingerprint density at radius 2 is 1.75 bits per heavy atom. The molecular weight excluding hydrogens is 146 g/mol. The van der Waals surface area contributed by atoms with Gasteiger partial charge in [0.1, 0.15) is 0 Å². The highest BCUT2D eigenvalue weighted by Crippen LogP contribution is 2.52. The van der Waals surface area contributed by atoms with E-state index in [9.17, 15) is 0 Å². The van der Waals surface area contributed by atoms with E-state index in [-0.39, 0.29) is 0 Å². The molecule has 12 heavy (non-hydrogen) atoms. The smallest absolute Gasteiger partial charge is 0.0368 e. The van der Waals surface area contributed by atoms with Crippen LogP contribution in [0.1, 0.15) is 52.9 Å². The van der Waals surface area contributed by atoms with Crippen LogP contribution in [0.5, 0.6) is 0 Å². The van der Waals surface area contributed by atoms with Crippen LogP contribution in [0.3, 0.4) is 0 Å². The lowest BCUT2D eigenvalue weighted by atomic mass is 9.86. The maximum Gasteiger partial charge on any atom is 0.0368 e. The molecule has 2 rings (SSSR count). The van der Waals surface area contributed by atoms with Crippen molar-refractivity contribution in [3.05, 3.63) is 0 Å². The lowest BCUT2D eigenvalue weighted by Crippen LogP contribution is -2.25. The van der Waals surface area contributed by atoms with Crippen molar-refractivity contribution < 1.29 is 0 Å². The molecule has 1 spiro atoms. The summed E-state index contributed by atoms with van der Waals surface area (Å²) >= 11 is 0. The fraction of sp³-hybridized carbons (Fsp3) is 1.00. The van der Waals surface area contributed by atoms with E-state index in [1.54, 1.807) is 0 Å². The molecule has 2 aliphatic rings. The molecule has 0 bridgehead atoms. The van der Waals surface area contributed by atoms with Crippen LogP contribution in [-0.2, 0) is 0 Å². The molecule has 0 aromatic heterocycles. The van der Waals surface area contributed by atoms with Gasteiger partial charge in [0.15, 0.2) is 0 Å². The van der Waals surface area contributed by atoms with Crippen LogP contribution < -0.4 is 0 Å². The molecule has 1 saturated carbocycles. The van der Waals surface area contributed by atoms with Crippen molar-refractivity contribution in [1.82, 2.24) is 4.90 Å². The van der Waals surface area contributed by atoms with E-state index >= 15 is 0 Å². The summed E-state index contributed by atoms with van der Waals surface area (Å²) in [6.45, 7) is 7.07. The second-order valence-electron chi connectivity index (χ2n) is 4.84. The van der Waals surface area contributed by atoms with Crippen molar-refractivity contribution in [2.75, 3.05) is 0 Å². The summed E-state index contributed by atoms with van der Waals surface area (Å²) in [6.07, 6.45) is 7.33. The topological polar surface area (TPSA) is 3.01 Å². The van der Waals surface area contributed by atoms with E-state index in [1.165, 1.54) is 32.1 Å². The highest BCUT2D eigenvalue weighted by molar-refractivity contribution is 5.16. The first kappa shape index (κ1) is 8.55. The van der Waals surface area contributed by atoms with Crippen LogP contribution >= 0.6 is 0 Å². The van der Waals surface area contributed by atoms with Gasteiger partial charge in [-0.3, -0.25) is 4.90 Å². The van der Waals surface area contributed by atoms with Gasteiger partial charge in [0.05, 0.1) is 0 Å². The molecular formula is C11H21N. The lowest BCUT2D eigenvalue weighted by molar-refractivity contribution is 0.278. The molecule has 0 N–H and O–H groups in total. The zero-order valence-electron chi connectivity index (χ0n) is 8.64. The average Bonchev–Trinajstić information content (AvgIpc) is 2.57. The number of hydrogen-bond acceptors (Lipinski definition) is 1. The second kappa shape index (κ2) is 2.73. The van der Waals surface area contributed by atoms with Crippen LogP contribution in [0.2, 0.25) is 0 Å². The number of hydrogen-bond donors (Lipinski definition) is 0. The molecule has 0 amide bonds. The van der Waals surface area contributed by atoms with Crippen molar-refractivity contribution in [2.24, 2.45) is 0 Å². The Morgan fingerprint density at radius 3 is 2.17 bits per heavy atom. The summed E-state index contributed by atoms with van der Waals surface area (Å²) in [5.74, 6) is 0. The lowest BCUT2D eigenvalue weighted by Gasteiger charge is -2.24. The van der Waals surface area contributed by atoms with Gasteiger partial charge < -0.3 is 0 Å². The van der Waals surface area contributed by atoms with Gasteiger partial charge in [-0.2, -0.15) is 0 Å². The third kappa shape index (κ3) is 1.02. The third-order valence-corrected chi connectivity index (χ3v) is 3.92. The summed E-state index contributed by atoms with van der Waals surface area (Å²) in [6, 6.07) is 1.64. The minimum atomic E-state index is 0.659. The van der Waals surface area contributed by atoms with Crippen LogP contribution in [-0.4, -0.2) is 22.5 Å². The van der Waals surface area contributed by atoms with Gasteiger partial charge in [-0.05, 0) is 33.6 Å². The van der Waals surface area contributed by atoms with Crippen molar-refractivity contribution in [2.45, 2.75) is 70.5 Å². The molecule has 0 radical (unpaired) electrons. The Hall–Kier alpha value is -0.0400. The Morgan fingerprint density at radius 1 is 1.17 bits per heavy atom. The molecule has 1 aliphatic carbocycles. The fourth-order valence-electron chi connectivity index (χ4n) is 3.36. The summed E-state index contributed by atoms with van der Waals surface area (Å²) in [7, 11) is 0. The highest BCUT2D eigenvalue weighted by Gasteiger charge is 2.59. The molecule has 0 aromatic rings. The van der Waals surface area contributed by atoms with E-state index in [4.69, 9.17) is 0 Å². The van der Waals surface area contributed by atoms with Crippen LogP contribution in [0.25, 0.3) is 0 Å². The molecule has 1 nitrogen and oxygen atoms in total. The predicted octanol–water partition coefficient (Wildman–Crippen LogP) is 2.80. The van der Waals surface area contributed by atoms with E-state index < -0.39 is 0 Å². The van der Waals surface area contributed by atoms with Gasteiger partial charge in [-0.1, -0.05) is 19.3 Å². The molecule has 1 saturated heterocycles. The summed E-state index contributed by atoms with van der Waals surface area (Å²) in [5, 5.41) is 0. The predicted molar refractivity (Wildman–Crippen MR) is 52.3 cm³/mol. The van der Waals surface area contributed by atoms with E-state index in [0.29, 0.717) is 5.54 Å². The van der Waals surface area contributed by atoms with Crippen molar-refractivity contribution in [1.29, 1.82) is 0 Å². The summed E-state index contributed by atoms with van der Waals surface area (Å²) < 4.78 is 0. The van der Waals surface area contributed by atoms with Gasteiger partial charge in [-0.15, -0.1) is 0 Å². The summed E-state index contributed by atoms with van der Waals surface area (Å²) in [4.78, 5) is 2.71. The first-order valence-corrected chi connectivity index (χ1v) is 5.47. The zero-order valence-corrected chi connectivity index (χ0v) is 8.64. The van der Waals surface area contributed by atoms with Gasteiger partial charge in [0, 0.05) is 17.6 Å². The highest BCUT2D eigenvalue weighted by atomic mass is 15.4. The minimum absolute atomic E-state index is 0.659. The monoisotopic (exact) mass is 167 g/mol. The van der Waals surface area contributed by atoms with E-state index in [2.05, 4.69) is 25.7 Å². The molecule has 2 fully saturated rings. The quantitative estimate of drug-likeness (QED) is 0.543. The van der Waals surface area contributed by atoms with Crippen molar-refractivity contribution in [3.8, 4) is 0 Å². The third-order valence-electron chi connectivity index (χ3n) is 3.92. The van der Waals surface area contributed by atoms with E-state index in [0.717, 1.165) is 12.1 Å². The zero-order chi connectivity index (χ0) is 8.77. The molecule has 70 valence electrons. The Kier molecular flexibility index (Phi) is 1.95. The van der Waals surface area contributed by atoms with Gasteiger partial charge in [0.2, 0.25) is 0 Å². The van der Waals surface area contributed by atoms with Gasteiger partial charge in [-0.25, -0.2) is 0 Å². The average molecular weight is 167 g/mol. The van der Waals surface area contributed by atoms with Crippen LogP contribution in [0.4, 0.5) is 0 Å². The minimum Gasteiger partial charge on any atom is -0.289 e. The SMILES string of the molecule is CC(C)N1[C@H](C)C12CCCCC2. The molecule has 1 unspecified atom stereocenters. The molecule has 1 aliphatic heterocycles. The summed E-state index contributed by atoms with van der Waals surface area (Å²) in [5.41, 5.74) is 0.659. The molecule has 1 heterocycles. The van der Waals surface area contributed by atoms with Crippen molar-refractivity contribution in [3.63, 3.8) is 0 Å². The molecule has 1 heteroatoms. The Balaban J connectivity index is 2.03. The maximum atomic E-state index is 2.71. The standard InChI is InChI=1S/C11H21N/c1-9(2)12-10(3)11(12)7-5-4-6-8-11/h9-10H,4-8H2,1-3H3/t10-,12?/m1/s1. The van der Waals surface area contributed by atoms with Crippen LogP contribution in [0, 0.1) is 0 Å². The van der Waals surface area contributed by atoms with Gasteiger partial charge >= 0.3 is 0 Å². The normalized spacial score (nSPS) is 39.0. The van der Waals surface area contributed by atoms with Crippen molar-refractivity contribution >= 4 is 0 Å². The first-order valence-electron chi connectivity index (χ1n) is 5.47. The maximum absolute atomic E-state index is 2.71. The Labute approximate surface area is 76.1 Å². The number of rotatable bonds is 1. The largest absolute Gasteiger partial charge is 0.289 e. The second-order valence-corrected chi connectivity index (χ2v) is 4.84. The molecule has 0 aromatic carbocycles. The fourth-order valence-corrected chi connectivity index (χ4v) is 3.36. The first-order chi connectivity index (χ1) is 5.68. The van der Waals surface area contributed by atoms with Crippen LogP contribution in [0.15, 0.2) is 0 Å².